The summed E-state index contributed by atoms with van der Waals surface area (Å²) in [5.74, 6) is 0. The number of hydrogen-bond acceptors (Lipinski definition) is 3. The molecule has 1 heterocycles. The molecule has 0 aliphatic carbocycles. The van der Waals surface area contributed by atoms with Crippen molar-refractivity contribution in [2.45, 2.75) is 13.5 Å². The van der Waals surface area contributed by atoms with Crippen LogP contribution in [0.4, 0.5) is 11.4 Å². The number of aryl methyl sites for hydroxylation is 1. The molecular weight excluding hydrogens is 268 g/mol. The molecular formula is C12H13BrN2O. The fourth-order valence-corrected chi connectivity index (χ4v) is 1.92. The average molecular weight is 281 g/mol. The number of nitrogens with one attached hydrogen (secondary N) is 1. The zero-order chi connectivity index (χ0) is 11.5. The highest BCUT2D eigenvalue weighted by Gasteiger charge is 2.03. The van der Waals surface area contributed by atoms with Crippen LogP contribution in [0, 0.1) is 6.92 Å². The van der Waals surface area contributed by atoms with Crippen LogP contribution in [0.3, 0.4) is 0 Å². The lowest BCUT2D eigenvalue weighted by Crippen LogP contribution is -2.00. The lowest BCUT2D eigenvalue weighted by molar-refractivity contribution is 0.564. The molecule has 16 heavy (non-hydrogen) atoms. The van der Waals surface area contributed by atoms with Gasteiger partial charge in [-0.05, 0) is 46.6 Å². The normalized spacial score (nSPS) is 10.4. The van der Waals surface area contributed by atoms with Gasteiger partial charge < -0.3 is 15.5 Å². The number of anilines is 2. The molecule has 0 amide bonds. The molecule has 0 fully saturated rings. The van der Waals surface area contributed by atoms with Crippen molar-refractivity contribution in [2.75, 3.05) is 11.1 Å². The first-order chi connectivity index (χ1) is 7.66. The second kappa shape index (κ2) is 4.61. The smallest absolute Gasteiger partial charge is 0.0952 e. The van der Waals surface area contributed by atoms with Gasteiger partial charge in [0.2, 0.25) is 0 Å². The third kappa shape index (κ3) is 2.39. The Kier molecular flexibility index (Phi) is 3.19. The van der Waals surface area contributed by atoms with Crippen LogP contribution >= 0.6 is 15.9 Å². The van der Waals surface area contributed by atoms with Gasteiger partial charge in [-0.3, -0.25) is 0 Å². The van der Waals surface area contributed by atoms with Crippen molar-refractivity contribution in [2.24, 2.45) is 0 Å². The van der Waals surface area contributed by atoms with Gasteiger partial charge in [-0.15, -0.1) is 0 Å². The van der Waals surface area contributed by atoms with Gasteiger partial charge in [0.25, 0.3) is 0 Å². The molecule has 0 bridgehead atoms. The SMILES string of the molecule is Cc1cc(NCc2ccoc2)c(Br)cc1N. The van der Waals surface area contributed by atoms with Crippen LogP contribution in [0.15, 0.2) is 39.6 Å². The fraction of sp³-hybridized carbons (Fsp3) is 0.167. The third-order valence-corrected chi connectivity index (χ3v) is 3.07. The van der Waals surface area contributed by atoms with E-state index >= 15 is 0 Å². The monoisotopic (exact) mass is 280 g/mol. The van der Waals surface area contributed by atoms with Crippen LogP contribution in [0.1, 0.15) is 11.1 Å². The second-order valence-electron chi connectivity index (χ2n) is 3.67. The molecule has 0 aliphatic rings. The van der Waals surface area contributed by atoms with E-state index in [4.69, 9.17) is 10.2 Å². The molecule has 0 aliphatic heterocycles. The Morgan fingerprint density at radius 3 is 2.94 bits per heavy atom. The van der Waals surface area contributed by atoms with Gasteiger partial charge in [0.05, 0.1) is 12.5 Å². The van der Waals surface area contributed by atoms with E-state index in [2.05, 4.69) is 21.2 Å². The Bertz CT molecular complexity index is 480. The zero-order valence-corrected chi connectivity index (χ0v) is 10.5. The highest BCUT2D eigenvalue weighted by Crippen LogP contribution is 2.28. The summed E-state index contributed by atoms with van der Waals surface area (Å²) in [6, 6.07) is 5.87. The van der Waals surface area contributed by atoms with E-state index in [0.29, 0.717) is 0 Å². The topological polar surface area (TPSA) is 51.2 Å². The number of hydrogen-bond donors (Lipinski definition) is 2. The predicted octanol–water partition coefficient (Wildman–Crippen LogP) is 3.54. The first-order valence-corrected chi connectivity index (χ1v) is 5.76. The number of nitrogens with two attached hydrogens (primary N) is 1. The summed E-state index contributed by atoms with van der Waals surface area (Å²) in [4.78, 5) is 0. The Morgan fingerprint density at radius 1 is 1.44 bits per heavy atom. The number of nitrogen functional groups attached to an aromatic ring is 1. The van der Waals surface area contributed by atoms with Crippen molar-refractivity contribution in [1.29, 1.82) is 0 Å². The van der Waals surface area contributed by atoms with Gasteiger partial charge in [0.15, 0.2) is 0 Å². The van der Waals surface area contributed by atoms with E-state index in [9.17, 15) is 0 Å². The van der Waals surface area contributed by atoms with Crippen LogP contribution in [-0.2, 0) is 6.54 Å². The van der Waals surface area contributed by atoms with Crippen LogP contribution < -0.4 is 11.1 Å². The minimum absolute atomic E-state index is 0.735. The van der Waals surface area contributed by atoms with Gasteiger partial charge in [0.1, 0.15) is 0 Å². The first kappa shape index (κ1) is 11.1. The van der Waals surface area contributed by atoms with Gasteiger partial charge in [-0.1, -0.05) is 0 Å². The van der Waals surface area contributed by atoms with Crippen molar-refractivity contribution < 1.29 is 4.42 Å². The van der Waals surface area contributed by atoms with E-state index in [0.717, 1.165) is 33.5 Å². The van der Waals surface area contributed by atoms with E-state index in [1.54, 1.807) is 12.5 Å². The van der Waals surface area contributed by atoms with Crippen LogP contribution in [0.5, 0.6) is 0 Å². The Labute approximate surface area is 103 Å². The summed E-state index contributed by atoms with van der Waals surface area (Å²) >= 11 is 3.48. The van der Waals surface area contributed by atoms with Crippen molar-refractivity contribution in [3.8, 4) is 0 Å². The largest absolute Gasteiger partial charge is 0.472 e. The van der Waals surface area contributed by atoms with Crippen molar-refractivity contribution in [3.63, 3.8) is 0 Å². The first-order valence-electron chi connectivity index (χ1n) is 4.97. The maximum atomic E-state index is 5.81. The van der Waals surface area contributed by atoms with Crippen molar-refractivity contribution in [3.05, 3.63) is 46.3 Å². The summed E-state index contributed by atoms with van der Waals surface area (Å²) in [6.45, 7) is 2.73. The minimum Gasteiger partial charge on any atom is -0.472 e. The predicted molar refractivity (Wildman–Crippen MR) is 69.3 cm³/mol. The highest BCUT2D eigenvalue weighted by molar-refractivity contribution is 9.10. The third-order valence-electron chi connectivity index (χ3n) is 2.42. The molecule has 0 radical (unpaired) electrons. The lowest BCUT2D eigenvalue weighted by atomic mass is 10.2. The average Bonchev–Trinajstić information content (AvgIpc) is 2.74. The lowest BCUT2D eigenvalue weighted by Gasteiger charge is -2.10. The summed E-state index contributed by atoms with van der Waals surface area (Å²) < 4.78 is 5.98. The molecule has 1 aromatic carbocycles. The van der Waals surface area contributed by atoms with E-state index in [1.807, 2.05) is 25.1 Å². The highest BCUT2D eigenvalue weighted by atomic mass is 79.9. The van der Waals surface area contributed by atoms with Crippen LogP contribution in [0.25, 0.3) is 0 Å². The molecule has 0 atom stereocenters. The summed E-state index contributed by atoms with van der Waals surface area (Å²) in [6.07, 6.45) is 3.39. The Hall–Kier alpha value is -1.42. The molecule has 3 nitrogen and oxygen atoms in total. The molecule has 0 unspecified atom stereocenters. The van der Waals surface area contributed by atoms with E-state index < -0.39 is 0 Å². The van der Waals surface area contributed by atoms with Crippen molar-refractivity contribution >= 4 is 27.3 Å². The van der Waals surface area contributed by atoms with E-state index in [-0.39, 0.29) is 0 Å². The zero-order valence-electron chi connectivity index (χ0n) is 8.96. The molecule has 84 valence electrons. The Balaban J connectivity index is 2.12. The summed E-state index contributed by atoms with van der Waals surface area (Å²) in [5, 5.41) is 3.32. The van der Waals surface area contributed by atoms with Gasteiger partial charge in [0, 0.05) is 28.0 Å². The number of halogens is 1. The van der Waals surface area contributed by atoms with Crippen LogP contribution in [0.2, 0.25) is 0 Å². The summed E-state index contributed by atoms with van der Waals surface area (Å²) in [7, 11) is 0. The number of benzene rings is 1. The fourth-order valence-electron chi connectivity index (χ4n) is 1.42. The molecule has 2 rings (SSSR count). The molecule has 0 saturated carbocycles. The molecule has 0 saturated heterocycles. The second-order valence-corrected chi connectivity index (χ2v) is 4.53. The Morgan fingerprint density at radius 2 is 2.25 bits per heavy atom. The molecule has 2 aromatic rings. The minimum atomic E-state index is 0.735. The molecule has 3 N–H and O–H groups in total. The quantitative estimate of drug-likeness (QED) is 0.846. The maximum absolute atomic E-state index is 5.81. The standard InChI is InChI=1S/C12H13BrN2O/c1-8-4-12(10(13)5-11(8)14)15-6-9-2-3-16-7-9/h2-5,7,15H,6,14H2,1H3. The molecule has 4 heteroatoms. The van der Waals surface area contributed by atoms with Crippen LogP contribution in [-0.4, -0.2) is 0 Å². The van der Waals surface area contributed by atoms with Gasteiger partial charge >= 0.3 is 0 Å². The van der Waals surface area contributed by atoms with Gasteiger partial charge in [-0.2, -0.15) is 0 Å². The summed E-state index contributed by atoms with van der Waals surface area (Å²) in [5.41, 5.74) is 9.81. The molecule has 0 spiro atoms. The maximum Gasteiger partial charge on any atom is 0.0952 e. The number of furan rings is 1. The van der Waals surface area contributed by atoms with Crippen molar-refractivity contribution in [1.82, 2.24) is 0 Å². The number of rotatable bonds is 3. The van der Waals surface area contributed by atoms with Gasteiger partial charge in [-0.25, -0.2) is 0 Å². The molecule has 1 aromatic heterocycles. The van der Waals surface area contributed by atoms with E-state index in [1.165, 1.54) is 0 Å².